The van der Waals surface area contributed by atoms with Crippen molar-refractivity contribution >= 4 is 17.2 Å². The summed E-state index contributed by atoms with van der Waals surface area (Å²) < 4.78 is 0. The lowest BCUT2D eigenvalue weighted by molar-refractivity contribution is 0.0951. The summed E-state index contributed by atoms with van der Waals surface area (Å²) in [5.74, 6) is -0.0649. The summed E-state index contributed by atoms with van der Waals surface area (Å²) in [5.41, 5.74) is 3.74. The summed E-state index contributed by atoms with van der Waals surface area (Å²) in [6.07, 6.45) is 0. The second kappa shape index (κ2) is 6.54. The third kappa shape index (κ3) is 3.40. The van der Waals surface area contributed by atoms with Crippen LogP contribution in [0, 0.1) is 6.92 Å². The molecular formula is C18H16N2OS. The van der Waals surface area contributed by atoms with Crippen LogP contribution in [-0.4, -0.2) is 10.9 Å². The number of nitrogens with zero attached hydrogens (tertiary/aromatic N) is 1. The molecule has 0 aliphatic heterocycles. The first-order chi connectivity index (χ1) is 10.7. The predicted octanol–water partition coefficient (Wildman–Crippen LogP) is 4.05. The lowest BCUT2D eigenvalue weighted by atomic mass is 10.1. The van der Waals surface area contributed by atoms with E-state index >= 15 is 0 Å². The van der Waals surface area contributed by atoms with Gasteiger partial charge in [0.2, 0.25) is 0 Å². The van der Waals surface area contributed by atoms with Gasteiger partial charge in [0.05, 0.1) is 10.7 Å². The SMILES string of the molecule is Cc1nc(-c2ccc(C(=O)NCc3ccccc3)cc2)cs1. The van der Waals surface area contributed by atoms with Crippen LogP contribution in [0.3, 0.4) is 0 Å². The van der Waals surface area contributed by atoms with Gasteiger partial charge < -0.3 is 5.32 Å². The Balaban J connectivity index is 1.66. The summed E-state index contributed by atoms with van der Waals surface area (Å²) in [4.78, 5) is 16.6. The molecule has 0 saturated heterocycles. The molecule has 2 aromatic carbocycles. The molecule has 0 unspecified atom stereocenters. The van der Waals surface area contributed by atoms with Crippen molar-refractivity contribution in [2.45, 2.75) is 13.5 Å². The van der Waals surface area contributed by atoms with E-state index in [1.54, 1.807) is 11.3 Å². The van der Waals surface area contributed by atoms with Gasteiger partial charge in [-0.15, -0.1) is 11.3 Å². The van der Waals surface area contributed by atoms with Crippen LogP contribution in [-0.2, 0) is 6.54 Å². The first-order valence-corrected chi connectivity index (χ1v) is 7.95. The van der Waals surface area contributed by atoms with Gasteiger partial charge in [0.1, 0.15) is 0 Å². The van der Waals surface area contributed by atoms with Crippen LogP contribution in [0.1, 0.15) is 20.9 Å². The molecule has 3 rings (SSSR count). The summed E-state index contributed by atoms with van der Waals surface area (Å²) in [7, 11) is 0. The molecule has 1 N–H and O–H groups in total. The largest absolute Gasteiger partial charge is 0.348 e. The average Bonchev–Trinajstić information content (AvgIpc) is 3.00. The first-order valence-electron chi connectivity index (χ1n) is 7.07. The van der Waals surface area contributed by atoms with Crippen molar-refractivity contribution in [3.8, 4) is 11.3 Å². The molecule has 0 bridgehead atoms. The number of nitrogens with one attached hydrogen (secondary N) is 1. The van der Waals surface area contributed by atoms with Crippen molar-refractivity contribution < 1.29 is 4.79 Å². The number of benzene rings is 2. The minimum atomic E-state index is -0.0649. The van der Waals surface area contributed by atoms with E-state index in [4.69, 9.17) is 0 Å². The highest BCUT2D eigenvalue weighted by Gasteiger charge is 2.07. The zero-order valence-corrected chi connectivity index (χ0v) is 13.1. The minimum Gasteiger partial charge on any atom is -0.348 e. The maximum atomic E-state index is 12.1. The number of carbonyl (C=O) groups is 1. The second-order valence-electron chi connectivity index (χ2n) is 5.00. The quantitative estimate of drug-likeness (QED) is 0.790. The number of aryl methyl sites for hydroxylation is 1. The van der Waals surface area contributed by atoms with E-state index in [1.807, 2.05) is 66.9 Å². The van der Waals surface area contributed by atoms with Crippen molar-refractivity contribution in [1.82, 2.24) is 10.3 Å². The molecule has 0 saturated carbocycles. The molecule has 4 heteroatoms. The molecule has 110 valence electrons. The van der Waals surface area contributed by atoms with Crippen LogP contribution >= 0.6 is 11.3 Å². The zero-order valence-electron chi connectivity index (χ0n) is 12.2. The number of carbonyl (C=O) groups excluding carboxylic acids is 1. The van der Waals surface area contributed by atoms with Crippen molar-refractivity contribution in [3.63, 3.8) is 0 Å². The monoisotopic (exact) mass is 308 g/mol. The summed E-state index contributed by atoms with van der Waals surface area (Å²) in [5, 5.41) is 6.00. The number of aromatic nitrogens is 1. The lowest BCUT2D eigenvalue weighted by Crippen LogP contribution is -2.22. The van der Waals surface area contributed by atoms with Gasteiger partial charge >= 0.3 is 0 Å². The highest BCUT2D eigenvalue weighted by atomic mass is 32.1. The van der Waals surface area contributed by atoms with Gasteiger partial charge in [0.25, 0.3) is 5.91 Å². The smallest absolute Gasteiger partial charge is 0.251 e. The molecule has 1 heterocycles. The first kappa shape index (κ1) is 14.5. The highest BCUT2D eigenvalue weighted by Crippen LogP contribution is 2.21. The third-order valence-electron chi connectivity index (χ3n) is 3.36. The van der Waals surface area contributed by atoms with Crippen LogP contribution in [0.25, 0.3) is 11.3 Å². The van der Waals surface area contributed by atoms with E-state index in [-0.39, 0.29) is 5.91 Å². The average molecular weight is 308 g/mol. The van der Waals surface area contributed by atoms with Gasteiger partial charge in [0.15, 0.2) is 0 Å². The molecule has 0 aliphatic rings. The Morgan fingerprint density at radius 1 is 1.09 bits per heavy atom. The van der Waals surface area contributed by atoms with E-state index < -0.39 is 0 Å². The van der Waals surface area contributed by atoms with E-state index in [1.165, 1.54) is 0 Å². The molecule has 0 atom stereocenters. The molecule has 0 aliphatic carbocycles. The molecule has 3 aromatic rings. The lowest BCUT2D eigenvalue weighted by Gasteiger charge is -2.06. The van der Waals surface area contributed by atoms with Gasteiger partial charge in [-0.25, -0.2) is 4.98 Å². The molecule has 1 aromatic heterocycles. The molecule has 3 nitrogen and oxygen atoms in total. The minimum absolute atomic E-state index is 0.0649. The third-order valence-corrected chi connectivity index (χ3v) is 4.13. The molecule has 0 radical (unpaired) electrons. The van der Waals surface area contributed by atoms with Crippen LogP contribution in [0.5, 0.6) is 0 Å². The van der Waals surface area contributed by atoms with Gasteiger partial charge in [0, 0.05) is 23.1 Å². The summed E-state index contributed by atoms with van der Waals surface area (Å²) in [6, 6.07) is 17.4. The van der Waals surface area contributed by atoms with Gasteiger partial charge in [-0.3, -0.25) is 4.79 Å². The van der Waals surface area contributed by atoms with Crippen LogP contribution < -0.4 is 5.32 Å². The Kier molecular flexibility index (Phi) is 4.30. The van der Waals surface area contributed by atoms with Crippen LogP contribution in [0.4, 0.5) is 0 Å². The van der Waals surface area contributed by atoms with Crippen molar-refractivity contribution in [3.05, 3.63) is 76.1 Å². The fourth-order valence-electron chi connectivity index (χ4n) is 2.17. The second-order valence-corrected chi connectivity index (χ2v) is 6.06. The topological polar surface area (TPSA) is 42.0 Å². The Labute approximate surface area is 133 Å². The van der Waals surface area contributed by atoms with Crippen molar-refractivity contribution in [2.24, 2.45) is 0 Å². The summed E-state index contributed by atoms with van der Waals surface area (Å²) in [6.45, 7) is 2.52. The van der Waals surface area contributed by atoms with Crippen molar-refractivity contribution in [1.29, 1.82) is 0 Å². The maximum absolute atomic E-state index is 12.1. The molecular weight excluding hydrogens is 292 g/mol. The van der Waals surface area contributed by atoms with E-state index in [0.717, 1.165) is 21.8 Å². The predicted molar refractivity (Wildman–Crippen MR) is 89.9 cm³/mol. The Bertz CT molecular complexity index is 763. The van der Waals surface area contributed by atoms with Gasteiger partial charge in [-0.05, 0) is 24.6 Å². The maximum Gasteiger partial charge on any atom is 0.251 e. The Hall–Kier alpha value is -2.46. The zero-order chi connectivity index (χ0) is 15.4. The number of hydrogen-bond acceptors (Lipinski definition) is 3. The van der Waals surface area contributed by atoms with Gasteiger partial charge in [-0.2, -0.15) is 0 Å². The number of amides is 1. The number of rotatable bonds is 4. The van der Waals surface area contributed by atoms with Gasteiger partial charge in [-0.1, -0.05) is 42.5 Å². The van der Waals surface area contributed by atoms with Crippen molar-refractivity contribution in [2.75, 3.05) is 0 Å². The van der Waals surface area contributed by atoms with Crippen LogP contribution in [0.2, 0.25) is 0 Å². The standard InChI is InChI=1S/C18H16N2OS/c1-13-20-17(12-22-13)15-7-9-16(10-8-15)18(21)19-11-14-5-3-2-4-6-14/h2-10,12H,11H2,1H3,(H,19,21). The van der Waals surface area contributed by atoms with Crippen LogP contribution in [0.15, 0.2) is 60.0 Å². The fraction of sp³-hybridized carbons (Fsp3) is 0.111. The number of thiazole rings is 1. The van der Waals surface area contributed by atoms with E-state index in [9.17, 15) is 4.79 Å². The van der Waals surface area contributed by atoms with E-state index in [2.05, 4.69) is 10.3 Å². The molecule has 0 fully saturated rings. The normalized spacial score (nSPS) is 10.4. The molecule has 1 amide bonds. The fourth-order valence-corrected chi connectivity index (χ4v) is 2.79. The molecule has 22 heavy (non-hydrogen) atoms. The summed E-state index contributed by atoms with van der Waals surface area (Å²) >= 11 is 1.63. The van der Waals surface area contributed by atoms with E-state index in [0.29, 0.717) is 12.1 Å². The molecule has 0 spiro atoms. The number of hydrogen-bond donors (Lipinski definition) is 1. The Morgan fingerprint density at radius 3 is 2.45 bits per heavy atom. The Morgan fingerprint density at radius 2 is 1.82 bits per heavy atom. The highest BCUT2D eigenvalue weighted by molar-refractivity contribution is 7.09.